The van der Waals surface area contributed by atoms with Gasteiger partial charge in [-0.3, -0.25) is 4.90 Å². The Morgan fingerprint density at radius 2 is 1.70 bits per heavy atom. The molecule has 0 atom stereocenters. The summed E-state index contributed by atoms with van der Waals surface area (Å²) in [6.07, 6.45) is -0.403. The van der Waals surface area contributed by atoms with E-state index in [1.165, 1.54) is 4.90 Å². The van der Waals surface area contributed by atoms with E-state index >= 15 is 0 Å². The molecule has 1 rings (SSSR count). The van der Waals surface area contributed by atoms with Crippen molar-refractivity contribution < 1.29 is 23.8 Å². The monoisotopic (exact) mass is 323 g/mol. The van der Waals surface area contributed by atoms with Gasteiger partial charge >= 0.3 is 12.1 Å². The molecule has 1 amide bonds. The van der Waals surface area contributed by atoms with Crippen molar-refractivity contribution >= 4 is 17.7 Å². The van der Waals surface area contributed by atoms with Gasteiger partial charge in [-0.25, -0.2) is 9.59 Å². The molecule has 0 heterocycles. The van der Waals surface area contributed by atoms with Gasteiger partial charge in [0.15, 0.2) is 6.61 Å². The van der Waals surface area contributed by atoms with Crippen molar-refractivity contribution in [2.24, 2.45) is 0 Å². The summed E-state index contributed by atoms with van der Waals surface area (Å²) in [4.78, 5) is 24.9. The minimum Gasteiger partial charge on any atom is -0.482 e. The third kappa shape index (κ3) is 6.59. The fourth-order valence-corrected chi connectivity index (χ4v) is 1.80. The number of esters is 1. The first kappa shape index (κ1) is 18.8. The van der Waals surface area contributed by atoms with E-state index in [9.17, 15) is 9.59 Å². The molecule has 0 N–H and O–H groups in total. The van der Waals surface area contributed by atoms with Gasteiger partial charge in [0, 0.05) is 12.2 Å². The Bertz CT molecular complexity index is 519. The van der Waals surface area contributed by atoms with Crippen LogP contribution < -0.4 is 9.64 Å². The van der Waals surface area contributed by atoms with E-state index in [0.717, 1.165) is 0 Å². The maximum absolute atomic E-state index is 12.2. The van der Waals surface area contributed by atoms with Crippen molar-refractivity contribution in [3.63, 3.8) is 0 Å². The number of rotatable bonds is 6. The van der Waals surface area contributed by atoms with Gasteiger partial charge in [-0.15, -0.1) is 0 Å². The zero-order chi connectivity index (χ0) is 17.5. The second-order valence-corrected chi connectivity index (χ2v) is 5.81. The molecule has 23 heavy (non-hydrogen) atoms. The summed E-state index contributed by atoms with van der Waals surface area (Å²) in [7, 11) is 0. The summed E-state index contributed by atoms with van der Waals surface area (Å²) in [6.45, 7) is 9.75. The van der Waals surface area contributed by atoms with Crippen LogP contribution in [-0.2, 0) is 14.3 Å². The van der Waals surface area contributed by atoms with E-state index < -0.39 is 17.7 Å². The molecule has 0 aliphatic carbocycles. The second kappa shape index (κ2) is 8.41. The highest BCUT2D eigenvalue weighted by atomic mass is 16.6. The van der Waals surface area contributed by atoms with Crippen LogP contribution in [0.25, 0.3) is 0 Å². The summed E-state index contributed by atoms with van der Waals surface area (Å²) in [6, 6.07) is 6.88. The van der Waals surface area contributed by atoms with Crippen molar-refractivity contribution in [1.29, 1.82) is 0 Å². The van der Waals surface area contributed by atoms with Crippen molar-refractivity contribution in [1.82, 2.24) is 0 Å². The molecule has 0 fully saturated rings. The first-order chi connectivity index (χ1) is 10.8. The van der Waals surface area contributed by atoms with E-state index in [2.05, 4.69) is 0 Å². The fraction of sp³-hybridized carbons (Fsp3) is 0.529. The van der Waals surface area contributed by atoms with Gasteiger partial charge in [0.1, 0.15) is 11.4 Å². The standard InChI is InChI=1S/C17H25NO5/c1-6-18(16(20)23-17(3,4)5)13-8-10-14(11-9-13)22-12-15(19)21-7-2/h8-11H,6-7,12H2,1-5H3. The van der Waals surface area contributed by atoms with Crippen molar-refractivity contribution in [3.8, 4) is 5.75 Å². The largest absolute Gasteiger partial charge is 0.482 e. The fourth-order valence-electron chi connectivity index (χ4n) is 1.80. The molecule has 128 valence electrons. The lowest BCUT2D eigenvalue weighted by Gasteiger charge is -2.26. The maximum Gasteiger partial charge on any atom is 0.414 e. The molecule has 0 aromatic heterocycles. The minimum atomic E-state index is -0.548. The molecule has 0 saturated heterocycles. The quantitative estimate of drug-likeness (QED) is 0.751. The summed E-state index contributed by atoms with van der Waals surface area (Å²) in [5.74, 6) is 0.113. The third-order valence-electron chi connectivity index (χ3n) is 2.74. The highest BCUT2D eigenvalue weighted by molar-refractivity contribution is 5.87. The Morgan fingerprint density at radius 1 is 1.09 bits per heavy atom. The van der Waals surface area contributed by atoms with Crippen LogP contribution in [0.4, 0.5) is 10.5 Å². The molecule has 0 spiro atoms. The van der Waals surface area contributed by atoms with E-state index in [0.29, 0.717) is 24.6 Å². The molecule has 6 heteroatoms. The SMILES string of the molecule is CCOC(=O)COc1ccc(N(CC)C(=O)OC(C)(C)C)cc1. The van der Waals surface area contributed by atoms with Crippen LogP contribution in [-0.4, -0.2) is 37.4 Å². The van der Waals surface area contributed by atoms with Gasteiger partial charge in [-0.2, -0.15) is 0 Å². The average Bonchev–Trinajstić information content (AvgIpc) is 2.45. The van der Waals surface area contributed by atoms with Crippen LogP contribution in [0.15, 0.2) is 24.3 Å². The van der Waals surface area contributed by atoms with Crippen LogP contribution >= 0.6 is 0 Å². The maximum atomic E-state index is 12.2. The molecule has 0 radical (unpaired) electrons. The van der Waals surface area contributed by atoms with Crippen LogP contribution in [0.1, 0.15) is 34.6 Å². The zero-order valence-electron chi connectivity index (χ0n) is 14.4. The Kier molecular flexibility index (Phi) is 6.88. The van der Waals surface area contributed by atoms with Gasteiger partial charge in [0.25, 0.3) is 0 Å². The third-order valence-corrected chi connectivity index (χ3v) is 2.74. The lowest BCUT2D eigenvalue weighted by molar-refractivity contribution is -0.145. The predicted octanol–water partition coefficient (Wildman–Crippen LogP) is 3.39. The normalized spacial score (nSPS) is 10.8. The van der Waals surface area contributed by atoms with Gasteiger partial charge in [-0.05, 0) is 58.9 Å². The first-order valence-corrected chi connectivity index (χ1v) is 7.65. The molecule has 0 aliphatic heterocycles. The molecule has 0 unspecified atom stereocenters. The van der Waals surface area contributed by atoms with Gasteiger partial charge in [0.05, 0.1) is 6.61 Å². The van der Waals surface area contributed by atoms with E-state index in [1.807, 2.05) is 27.7 Å². The van der Waals surface area contributed by atoms with Crippen molar-refractivity contribution in [2.45, 2.75) is 40.2 Å². The summed E-state index contributed by atoms with van der Waals surface area (Å²) >= 11 is 0. The highest BCUT2D eigenvalue weighted by Crippen LogP contribution is 2.21. The number of carbonyl (C=O) groups excluding carboxylic acids is 2. The Hall–Kier alpha value is -2.24. The highest BCUT2D eigenvalue weighted by Gasteiger charge is 2.22. The number of amides is 1. The molecule has 1 aromatic carbocycles. The average molecular weight is 323 g/mol. The number of hydrogen-bond acceptors (Lipinski definition) is 5. The van der Waals surface area contributed by atoms with Crippen LogP contribution in [0.2, 0.25) is 0 Å². The minimum absolute atomic E-state index is 0.142. The topological polar surface area (TPSA) is 65.1 Å². The van der Waals surface area contributed by atoms with E-state index in [-0.39, 0.29) is 6.61 Å². The number of anilines is 1. The summed E-state index contributed by atoms with van der Waals surface area (Å²) in [5, 5.41) is 0. The van der Waals surface area contributed by atoms with Crippen LogP contribution in [0, 0.1) is 0 Å². The molecule has 1 aromatic rings. The van der Waals surface area contributed by atoms with E-state index in [4.69, 9.17) is 14.2 Å². The lowest BCUT2D eigenvalue weighted by atomic mass is 10.2. The first-order valence-electron chi connectivity index (χ1n) is 7.65. The Labute approximate surface area is 137 Å². The number of hydrogen-bond donors (Lipinski definition) is 0. The van der Waals surface area contributed by atoms with Crippen molar-refractivity contribution in [2.75, 3.05) is 24.7 Å². The van der Waals surface area contributed by atoms with E-state index in [1.54, 1.807) is 31.2 Å². The van der Waals surface area contributed by atoms with Crippen LogP contribution in [0.3, 0.4) is 0 Å². The molecule has 6 nitrogen and oxygen atoms in total. The molecule has 0 aliphatic rings. The number of ether oxygens (including phenoxy) is 3. The Morgan fingerprint density at radius 3 is 2.17 bits per heavy atom. The number of carbonyl (C=O) groups is 2. The number of nitrogens with zero attached hydrogens (tertiary/aromatic N) is 1. The molecular weight excluding hydrogens is 298 g/mol. The van der Waals surface area contributed by atoms with Crippen molar-refractivity contribution in [3.05, 3.63) is 24.3 Å². The van der Waals surface area contributed by atoms with Gasteiger partial charge in [0.2, 0.25) is 0 Å². The molecular formula is C17H25NO5. The smallest absolute Gasteiger partial charge is 0.414 e. The summed E-state index contributed by atoms with van der Waals surface area (Å²) in [5.41, 5.74) is 0.151. The Balaban J connectivity index is 2.69. The zero-order valence-corrected chi connectivity index (χ0v) is 14.4. The number of benzene rings is 1. The van der Waals surface area contributed by atoms with Gasteiger partial charge < -0.3 is 14.2 Å². The molecule has 0 saturated carbocycles. The lowest BCUT2D eigenvalue weighted by Crippen LogP contribution is -2.36. The van der Waals surface area contributed by atoms with Crippen LogP contribution in [0.5, 0.6) is 5.75 Å². The predicted molar refractivity (Wildman–Crippen MR) is 87.8 cm³/mol. The second-order valence-electron chi connectivity index (χ2n) is 5.81. The van der Waals surface area contributed by atoms with Gasteiger partial charge in [-0.1, -0.05) is 0 Å². The summed E-state index contributed by atoms with van der Waals surface area (Å²) < 4.78 is 15.5. The molecule has 0 bridgehead atoms.